The third-order valence-corrected chi connectivity index (χ3v) is 4.11. The van der Waals surface area contributed by atoms with Crippen LogP contribution in [0.3, 0.4) is 0 Å². The molecule has 0 radical (unpaired) electrons. The molecule has 1 aromatic heterocycles. The van der Waals surface area contributed by atoms with Gasteiger partial charge in [-0.2, -0.15) is 0 Å². The Balaban J connectivity index is 2.25. The summed E-state index contributed by atoms with van der Waals surface area (Å²) in [6, 6.07) is 0. The lowest BCUT2D eigenvalue weighted by atomic mass is 10.1. The lowest BCUT2D eigenvalue weighted by molar-refractivity contribution is 0.631. The van der Waals surface area contributed by atoms with Crippen molar-refractivity contribution in [1.29, 1.82) is 0 Å². The number of aryl methyl sites for hydroxylation is 3. The molecule has 0 aliphatic rings. The molecule has 0 unspecified atom stereocenters. The van der Waals surface area contributed by atoms with Gasteiger partial charge < -0.3 is 0 Å². The largest absolute Gasteiger partial charge is 0.246 e. The topological polar surface area (TPSA) is 12.9 Å². The summed E-state index contributed by atoms with van der Waals surface area (Å²) < 4.78 is 0. The highest BCUT2D eigenvalue weighted by molar-refractivity contribution is 7.11. The lowest BCUT2D eigenvalue weighted by Crippen LogP contribution is -1.85. The zero-order valence-corrected chi connectivity index (χ0v) is 11.1. The molecule has 15 heavy (non-hydrogen) atoms. The molecule has 86 valence electrons. The molecule has 0 aromatic carbocycles. The van der Waals surface area contributed by atoms with Crippen molar-refractivity contribution in [2.45, 2.75) is 65.7 Å². The predicted octanol–water partition coefficient (Wildman–Crippen LogP) is 4.53. The zero-order chi connectivity index (χ0) is 11.1. The minimum atomic E-state index is 1.14. The van der Waals surface area contributed by atoms with Gasteiger partial charge in [0.15, 0.2) is 0 Å². The van der Waals surface area contributed by atoms with E-state index < -0.39 is 0 Å². The van der Waals surface area contributed by atoms with E-state index in [1.165, 1.54) is 54.1 Å². The Morgan fingerprint density at radius 3 is 2.40 bits per heavy atom. The van der Waals surface area contributed by atoms with Gasteiger partial charge in [-0.3, -0.25) is 0 Å². The van der Waals surface area contributed by atoms with E-state index in [0.717, 1.165) is 6.42 Å². The van der Waals surface area contributed by atoms with Gasteiger partial charge in [-0.1, -0.05) is 39.5 Å². The lowest BCUT2D eigenvalue weighted by Gasteiger charge is -1.97. The first-order valence-corrected chi connectivity index (χ1v) is 7.04. The SMILES string of the molecule is CCCCCCCc1nc(C)c(CC)s1. The minimum Gasteiger partial charge on any atom is -0.246 e. The van der Waals surface area contributed by atoms with Crippen LogP contribution in [0, 0.1) is 6.92 Å². The maximum absolute atomic E-state index is 4.62. The smallest absolute Gasteiger partial charge is 0.0930 e. The Hall–Kier alpha value is -0.370. The Morgan fingerprint density at radius 1 is 1.07 bits per heavy atom. The summed E-state index contributed by atoms with van der Waals surface area (Å²) in [7, 11) is 0. The van der Waals surface area contributed by atoms with E-state index in [0.29, 0.717) is 0 Å². The van der Waals surface area contributed by atoms with Gasteiger partial charge in [-0.15, -0.1) is 11.3 Å². The number of aromatic nitrogens is 1. The number of nitrogens with zero attached hydrogens (tertiary/aromatic N) is 1. The molecule has 0 N–H and O–H groups in total. The van der Waals surface area contributed by atoms with Gasteiger partial charge in [0.05, 0.1) is 10.7 Å². The molecule has 2 heteroatoms. The second-order valence-corrected chi connectivity index (χ2v) is 5.30. The number of hydrogen-bond acceptors (Lipinski definition) is 2. The highest BCUT2D eigenvalue weighted by atomic mass is 32.1. The van der Waals surface area contributed by atoms with Crippen molar-refractivity contribution in [1.82, 2.24) is 4.98 Å². The molecule has 0 spiro atoms. The van der Waals surface area contributed by atoms with Crippen molar-refractivity contribution in [3.63, 3.8) is 0 Å². The maximum atomic E-state index is 4.62. The number of unbranched alkanes of at least 4 members (excludes halogenated alkanes) is 4. The highest BCUT2D eigenvalue weighted by Gasteiger charge is 2.04. The molecule has 1 aromatic rings. The van der Waals surface area contributed by atoms with Gasteiger partial charge in [0, 0.05) is 4.88 Å². The highest BCUT2D eigenvalue weighted by Crippen LogP contribution is 2.20. The van der Waals surface area contributed by atoms with Crippen LogP contribution in [0.1, 0.15) is 61.5 Å². The molecule has 1 heterocycles. The van der Waals surface area contributed by atoms with Crippen LogP contribution >= 0.6 is 11.3 Å². The first kappa shape index (κ1) is 12.7. The summed E-state index contributed by atoms with van der Waals surface area (Å²) in [5.74, 6) is 0. The van der Waals surface area contributed by atoms with Crippen LogP contribution in [-0.4, -0.2) is 4.98 Å². The second-order valence-electron chi connectivity index (χ2n) is 4.13. The van der Waals surface area contributed by atoms with Crippen LogP contribution < -0.4 is 0 Å². The van der Waals surface area contributed by atoms with E-state index in [-0.39, 0.29) is 0 Å². The molecule has 0 saturated heterocycles. The fraction of sp³-hybridized carbons (Fsp3) is 0.769. The zero-order valence-electron chi connectivity index (χ0n) is 10.3. The molecular formula is C13H23NS. The standard InChI is InChI=1S/C13H23NS/c1-4-6-7-8-9-10-13-14-11(3)12(5-2)15-13/h4-10H2,1-3H3. The molecule has 0 fully saturated rings. The van der Waals surface area contributed by atoms with Crippen LogP contribution in [0.25, 0.3) is 0 Å². The maximum Gasteiger partial charge on any atom is 0.0930 e. The summed E-state index contributed by atoms with van der Waals surface area (Å²) in [6.07, 6.45) is 9.12. The Kier molecular flexibility index (Phi) is 5.92. The normalized spacial score (nSPS) is 10.9. The quantitative estimate of drug-likeness (QED) is 0.621. The molecule has 0 aliphatic heterocycles. The van der Waals surface area contributed by atoms with Gasteiger partial charge in [0.25, 0.3) is 0 Å². The van der Waals surface area contributed by atoms with Crippen molar-refractivity contribution in [2.24, 2.45) is 0 Å². The van der Waals surface area contributed by atoms with E-state index in [2.05, 4.69) is 25.8 Å². The first-order valence-electron chi connectivity index (χ1n) is 6.23. The summed E-state index contributed by atoms with van der Waals surface area (Å²) >= 11 is 1.91. The van der Waals surface area contributed by atoms with Crippen molar-refractivity contribution < 1.29 is 0 Å². The molecule has 0 aliphatic carbocycles. The third kappa shape index (κ3) is 4.33. The van der Waals surface area contributed by atoms with Crippen molar-refractivity contribution in [3.05, 3.63) is 15.6 Å². The Labute approximate surface area is 97.9 Å². The van der Waals surface area contributed by atoms with Gasteiger partial charge >= 0.3 is 0 Å². The number of hydrogen-bond donors (Lipinski definition) is 0. The van der Waals surface area contributed by atoms with Crippen LogP contribution in [-0.2, 0) is 12.8 Å². The Morgan fingerprint density at radius 2 is 1.80 bits per heavy atom. The van der Waals surface area contributed by atoms with Crippen LogP contribution in [0.5, 0.6) is 0 Å². The summed E-state index contributed by atoms with van der Waals surface area (Å²) in [5.41, 5.74) is 1.26. The van der Waals surface area contributed by atoms with Crippen LogP contribution in [0.15, 0.2) is 0 Å². The molecular weight excluding hydrogens is 202 g/mol. The van der Waals surface area contributed by atoms with Gasteiger partial charge in [-0.25, -0.2) is 4.98 Å². The molecule has 0 saturated carbocycles. The summed E-state index contributed by atoms with van der Waals surface area (Å²) in [5, 5.41) is 1.35. The fourth-order valence-electron chi connectivity index (χ4n) is 1.80. The monoisotopic (exact) mass is 225 g/mol. The van der Waals surface area contributed by atoms with Crippen molar-refractivity contribution in [3.8, 4) is 0 Å². The summed E-state index contributed by atoms with van der Waals surface area (Å²) in [6.45, 7) is 6.61. The second kappa shape index (κ2) is 7.00. The van der Waals surface area contributed by atoms with Crippen molar-refractivity contribution >= 4 is 11.3 Å². The van der Waals surface area contributed by atoms with Crippen LogP contribution in [0.4, 0.5) is 0 Å². The molecule has 1 nitrogen and oxygen atoms in total. The first-order chi connectivity index (χ1) is 7.27. The molecule has 0 amide bonds. The fourth-order valence-corrected chi connectivity index (χ4v) is 2.85. The van der Waals surface area contributed by atoms with Crippen molar-refractivity contribution in [2.75, 3.05) is 0 Å². The minimum absolute atomic E-state index is 1.14. The predicted molar refractivity (Wildman–Crippen MR) is 68.7 cm³/mol. The van der Waals surface area contributed by atoms with E-state index in [1.54, 1.807) is 0 Å². The number of rotatable bonds is 7. The van der Waals surface area contributed by atoms with Gasteiger partial charge in [0.1, 0.15) is 0 Å². The van der Waals surface area contributed by atoms with E-state index in [4.69, 9.17) is 0 Å². The number of thiazole rings is 1. The summed E-state index contributed by atoms with van der Waals surface area (Å²) in [4.78, 5) is 6.09. The van der Waals surface area contributed by atoms with E-state index in [1.807, 2.05) is 11.3 Å². The van der Waals surface area contributed by atoms with Gasteiger partial charge in [0.2, 0.25) is 0 Å². The van der Waals surface area contributed by atoms with Gasteiger partial charge in [-0.05, 0) is 26.2 Å². The van der Waals surface area contributed by atoms with E-state index >= 15 is 0 Å². The Bertz CT molecular complexity index is 278. The molecule has 0 atom stereocenters. The van der Waals surface area contributed by atoms with E-state index in [9.17, 15) is 0 Å². The molecule has 1 rings (SSSR count). The van der Waals surface area contributed by atoms with Crippen LogP contribution in [0.2, 0.25) is 0 Å². The molecule has 0 bridgehead atoms. The third-order valence-electron chi connectivity index (χ3n) is 2.75. The average molecular weight is 225 g/mol. The average Bonchev–Trinajstić information content (AvgIpc) is 2.59.